The van der Waals surface area contributed by atoms with Crippen LogP contribution in [0.5, 0.6) is 5.75 Å². The molecule has 146 valence electrons. The topological polar surface area (TPSA) is 74.7 Å². The van der Waals surface area contributed by atoms with Gasteiger partial charge in [-0.2, -0.15) is 0 Å². The van der Waals surface area contributed by atoms with Crippen molar-refractivity contribution in [2.75, 3.05) is 18.0 Å². The number of aryl methyl sites for hydroxylation is 1. The number of hydrogen-bond donors (Lipinski definition) is 2. The number of nitrogens with zero attached hydrogens (tertiary/aromatic N) is 2. The zero-order valence-corrected chi connectivity index (χ0v) is 16.1. The van der Waals surface area contributed by atoms with Gasteiger partial charge >= 0.3 is 0 Å². The number of carbonyl (C=O) groups excluding carboxylic acids is 1. The molecule has 2 N–H and O–H groups in total. The second-order valence-electron chi connectivity index (χ2n) is 8.10. The molecule has 3 heterocycles. The van der Waals surface area contributed by atoms with Crippen molar-refractivity contribution in [3.05, 3.63) is 52.2 Å². The van der Waals surface area contributed by atoms with Crippen LogP contribution in [0.2, 0.25) is 0 Å². The lowest BCUT2D eigenvalue weighted by molar-refractivity contribution is 0.0965. The smallest absolute Gasteiger partial charge is 0.253 e. The van der Waals surface area contributed by atoms with E-state index in [2.05, 4.69) is 22.3 Å². The fourth-order valence-electron chi connectivity index (χ4n) is 4.57. The maximum atomic E-state index is 11.8. The number of pyridine rings is 1. The van der Waals surface area contributed by atoms with Gasteiger partial charge in [-0.1, -0.05) is 6.07 Å². The monoisotopic (exact) mass is 379 g/mol. The molecule has 6 nitrogen and oxygen atoms in total. The van der Waals surface area contributed by atoms with Gasteiger partial charge in [0.25, 0.3) is 5.91 Å². The second kappa shape index (κ2) is 6.78. The van der Waals surface area contributed by atoms with Gasteiger partial charge in [-0.25, -0.2) is 4.98 Å². The van der Waals surface area contributed by atoms with E-state index in [9.17, 15) is 9.90 Å². The molecule has 0 unspecified atom stereocenters. The van der Waals surface area contributed by atoms with Crippen LogP contribution in [0.4, 0.5) is 5.82 Å². The van der Waals surface area contributed by atoms with E-state index in [4.69, 9.17) is 9.72 Å². The number of hydrogen-bond acceptors (Lipinski definition) is 5. The highest BCUT2D eigenvalue weighted by molar-refractivity contribution is 5.98. The molecular weight excluding hydrogens is 354 g/mol. The van der Waals surface area contributed by atoms with E-state index in [1.807, 2.05) is 19.1 Å². The molecule has 5 rings (SSSR count). The minimum atomic E-state index is -0.248. The van der Waals surface area contributed by atoms with E-state index < -0.39 is 0 Å². The molecule has 3 aliphatic rings. The third-order valence-corrected chi connectivity index (χ3v) is 6.06. The molecule has 0 radical (unpaired) electrons. The van der Waals surface area contributed by atoms with E-state index in [1.165, 1.54) is 11.1 Å². The summed E-state index contributed by atoms with van der Waals surface area (Å²) in [4.78, 5) is 18.9. The Balaban J connectivity index is 1.24. The predicted octanol–water partition coefficient (Wildman–Crippen LogP) is 2.14. The maximum absolute atomic E-state index is 11.8. The van der Waals surface area contributed by atoms with Gasteiger partial charge < -0.3 is 20.1 Å². The molecule has 6 heteroatoms. The van der Waals surface area contributed by atoms with Crippen molar-refractivity contribution in [2.45, 2.75) is 51.4 Å². The van der Waals surface area contributed by atoms with Crippen molar-refractivity contribution in [3.8, 4) is 5.75 Å². The van der Waals surface area contributed by atoms with Crippen LogP contribution >= 0.6 is 0 Å². The van der Waals surface area contributed by atoms with Crippen molar-refractivity contribution in [1.29, 1.82) is 0 Å². The van der Waals surface area contributed by atoms with E-state index >= 15 is 0 Å². The van der Waals surface area contributed by atoms with Crippen LogP contribution in [-0.4, -0.2) is 41.3 Å². The molecular formula is C22H25N3O3. The molecule has 1 aliphatic carbocycles. The first-order valence-corrected chi connectivity index (χ1v) is 10.1. The molecule has 1 aromatic heterocycles. The minimum absolute atomic E-state index is 0.0221. The van der Waals surface area contributed by atoms with Gasteiger partial charge in [-0.05, 0) is 54.7 Å². The van der Waals surface area contributed by atoms with E-state index in [-0.39, 0.29) is 18.1 Å². The average Bonchev–Trinajstić information content (AvgIpc) is 3.23. The van der Waals surface area contributed by atoms with E-state index in [0.29, 0.717) is 12.1 Å². The number of rotatable bonds is 3. The average molecular weight is 379 g/mol. The van der Waals surface area contributed by atoms with Gasteiger partial charge in [0.1, 0.15) is 17.7 Å². The number of carbonyl (C=O) groups is 1. The molecule has 28 heavy (non-hydrogen) atoms. The SMILES string of the molecule is Cc1cc2c(nc1N1CCC(Oc3ccc4c(c3)C[C@H](O)C4)CC1)CNC2=O. The number of ether oxygens (including phenoxy) is 1. The molecule has 1 atom stereocenters. The lowest BCUT2D eigenvalue weighted by atomic mass is 10.1. The van der Waals surface area contributed by atoms with Gasteiger partial charge in [-0.3, -0.25) is 4.79 Å². The number of anilines is 1. The fraction of sp³-hybridized carbons (Fsp3) is 0.455. The van der Waals surface area contributed by atoms with Crippen molar-refractivity contribution >= 4 is 11.7 Å². The van der Waals surface area contributed by atoms with E-state index in [1.54, 1.807) is 0 Å². The molecule has 1 aromatic carbocycles. The van der Waals surface area contributed by atoms with Crippen LogP contribution in [-0.2, 0) is 19.4 Å². The van der Waals surface area contributed by atoms with Crippen LogP contribution in [0.3, 0.4) is 0 Å². The Morgan fingerprint density at radius 1 is 1.18 bits per heavy atom. The summed E-state index contributed by atoms with van der Waals surface area (Å²) < 4.78 is 6.23. The first kappa shape index (κ1) is 17.5. The first-order chi connectivity index (χ1) is 13.6. The highest BCUT2D eigenvalue weighted by Gasteiger charge is 2.27. The standard InChI is InChI=1S/C22H25N3O3/c1-13-8-19-20(12-23-22(19)27)24-21(13)25-6-4-17(5-7-25)28-18-3-2-14-9-16(26)10-15(14)11-18/h2-3,8,11,16-17,26H,4-7,9-10,12H2,1H3,(H,23,27)/t16-/m1/s1. The summed E-state index contributed by atoms with van der Waals surface area (Å²) in [6.07, 6.45) is 3.30. The number of amides is 1. The number of piperidine rings is 1. The Morgan fingerprint density at radius 2 is 1.96 bits per heavy atom. The second-order valence-corrected chi connectivity index (χ2v) is 8.10. The minimum Gasteiger partial charge on any atom is -0.490 e. The molecule has 1 saturated heterocycles. The van der Waals surface area contributed by atoms with Crippen LogP contribution in [0.25, 0.3) is 0 Å². The van der Waals surface area contributed by atoms with Crippen LogP contribution in [0.1, 0.15) is 45.6 Å². The Hall–Kier alpha value is -2.60. The van der Waals surface area contributed by atoms with Crippen molar-refractivity contribution < 1.29 is 14.6 Å². The summed E-state index contributed by atoms with van der Waals surface area (Å²) >= 11 is 0. The third kappa shape index (κ3) is 3.11. The number of fused-ring (bicyclic) bond motifs is 2. The van der Waals surface area contributed by atoms with Crippen molar-refractivity contribution in [2.24, 2.45) is 0 Å². The zero-order chi connectivity index (χ0) is 19.3. The fourth-order valence-corrected chi connectivity index (χ4v) is 4.57. The Morgan fingerprint density at radius 3 is 2.79 bits per heavy atom. The number of aliphatic hydroxyl groups is 1. The third-order valence-electron chi connectivity index (χ3n) is 6.06. The quantitative estimate of drug-likeness (QED) is 0.855. The lowest BCUT2D eigenvalue weighted by Gasteiger charge is -2.34. The Bertz CT molecular complexity index is 935. The van der Waals surface area contributed by atoms with Gasteiger partial charge in [0, 0.05) is 25.9 Å². The largest absolute Gasteiger partial charge is 0.490 e. The predicted molar refractivity (Wildman–Crippen MR) is 106 cm³/mol. The zero-order valence-electron chi connectivity index (χ0n) is 16.1. The highest BCUT2D eigenvalue weighted by atomic mass is 16.5. The van der Waals surface area contributed by atoms with Crippen molar-refractivity contribution in [3.63, 3.8) is 0 Å². The molecule has 0 spiro atoms. The summed E-state index contributed by atoms with van der Waals surface area (Å²) in [5.74, 6) is 1.87. The van der Waals surface area contributed by atoms with Crippen molar-refractivity contribution in [1.82, 2.24) is 10.3 Å². The van der Waals surface area contributed by atoms with Gasteiger partial charge in [0.05, 0.1) is 23.9 Å². The molecule has 2 aliphatic heterocycles. The summed E-state index contributed by atoms with van der Waals surface area (Å²) in [7, 11) is 0. The van der Waals surface area contributed by atoms with Gasteiger partial charge in [0.15, 0.2) is 0 Å². The lowest BCUT2D eigenvalue weighted by Crippen LogP contribution is -2.39. The summed E-state index contributed by atoms with van der Waals surface area (Å²) in [5.41, 5.74) is 5.06. The van der Waals surface area contributed by atoms with Crippen LogP contribution in [0, 0.1) is 6.92 Å². The molecule has 0 saturated carbocycles. The number of aliphatic hydroxyl groups excluding tert-OH is 1. The normalized spacial score (nSPS) is 21.4. The first-order valence-electron chi connectivity index (χ1n) is 10.1. The molecule has 0 bridgehead atoms. The van der Waals surface area contributed by atoms with Crippen LogP contribution in [0.15, 0.2) is 24.3 Å². The Labute approximate surface area is 164 Å². The summed E-state index contributed by atoms with van der Waals surface area (Å²) in [6.45, 7) is 4.33. The maximum Gasteiger partial charge on any atom is 0.253 e. The van der Waals surface area contributed by atoms with E-state index in [0.717, 1.165) is 61.6 Å². The number of nitrogens with one attached hydrogen (secondary N) is 1. The van der Waals surface area contributed by atoms with Gasteiger partial charge in [-0.15, -0.1) is 0 Å². The highest BCUT2D eigenvalue weighted by Crippen LogP contribution is 2.30. The summed E-state index contributed by atoms with van der Waals surface area (Å²) in [6, 6.07) is 8.17. The molecule has 2 aromatic rings. The number of aromatic nitrogens is 1. The Kier molecular flexibility index (Phi) is 4.23. The molecule has 1 amide bonds. The summed E-state index contributed by atoms with van der Waals surface area (Å²) in [5, 5.41) is 12.7. The number of benzene rings is 1. The van der Waals surface area contributed by atoms with Gasteiger partial charge in [0.2, 0.25) is 0 Å². The van der Waals surface area contributed by atoms with Crippen LogP contribution < -0.4 is 15.0 Å². The molecule has 1 fully saturated rings.